The summed E-state index contributed by atoms with van der Waals surface area (Å²) in [5.41, 5.74) is 1.84. The van der Waals surface area contributed by atoms with Crippen LogP contribution in [0, 0.1) is 11.3 Å². The Morgan fingerprint density at radius 1 is 1.40 bits per heavy atom. The Labute approximate surface area is 93.9 Å². The SMILES string of the molecule is CCC(C)(C)C1CCC(=CC(C)=O)CC1. The summed E-state index contributed by atoms with van der Waals surface area (Å²) < 4.78 is 0. The molecule has 0 bridgehead atoms. The highest BCUT2D eigenvalue weighted by Crippen LogP contribution is 2.41. The minimum atomic E-state index is 0.207. The number of carbonyl (C=O) groups is 1. The molecule has 0 aromatic carbocycles. The van der Waals surface area contributed by atoms with Crippen LogP contribution in [0.15, 0.2) is 11.6 Å². The third kappa shape index (κ3) is 3.48. The first-order valence-electron chi connectivity index (χ1n) is 6.15. The topological polar surface area (TPSA) is 17.1 Å². The summed E-state index contributed by atoms with van der Waals surface area (Å²) in [7, 11) is 0. The maximum absolute atomic E-state index is 11.0. The summed E-state index contributed by atoms with van der Waals surface area (Å²) in [6.45, 7) is 8.67. The summed E-state index contributed by atoms with van der Waals surface area (Å²) in [5.74, 6) is 1.05. The van der Waals surface area contributed by atoms with Crippen molar-refractivity contribution in [2.24, 2.45) is 11.3 Å². The fourth-order valence-corrected chi connectivity index (χ4v) is 2.49. The Kier molecular flexibility index (Phi) is 4.12. The fourth-order valence-electron chi connectivity index (χ4n) is 2.49. The number of carbonyl (C=O) groups excluding carboxylic acids is 1. The minimum absolute atomic E-state index is 0.207. The molecule has 0 atom stereocenters. The summed E-state index contributed by atoms with van der Waals surface area (Å²) in [5, 5.41) is 0. The van der Waals surface area contributed by atoms with Crippen molar-refractivity contribution in [3.8, 4) is 0 Å². The zero-order chi connectivity index (χ0) is 11.5. The van der Waals surface area contributed by atoms with Crippen molar-refractivity contribution >= 4 is 5.78 Å². The number of ketones is 1. The molecule has 0 amide bonds. The summed E-state index contributed by atoms with van der Waals surface area (Å²) >= 11 is 0. The van der Waals surface area contributed by atoms with E-state index in [0.29, 0.717) is 5.41 Å². The van der Waals surface area contributed by atoms with E-state index in [1.54, 1.807) is 6.92 Å². The van der Waals surface area contributed by atoms with E-state index in [-0.39, 0.29) is 5.78 Å². The molecular weight excluding hydrogens is 184 g/mol. The van der Waals surface area contributed by atoms with E-state index >= 15 is 0 Å². The molecule has 0 N–H and O–H groups in total. The molecule has 0 spiro atoms. The van der Waals surface area contributed by atoms with Gasteiger partial charge in [0.1, 0.15) is 0 Å². The lowest BCUT2D eigenvalue weighted by molar-refractivity contribution is -0.112. The van der Waals surface area contributed by atoms with Crippen LogP contribution in [0.1, 0.15) is 59.8 Å². The second-order valence-corrected chi connectivity index (χ2v) is 5.53. The van der Waals surface area contributed by atoms with Crippen molar-refractivity contribution in [3.05, 3.63) is 11.6 Å². The highest BCUT2D eigenvalue weighted by Gasteiger charge is 2.29. The zero-order valence-electron chi connectivity index (χ0n) is 10.6. The first-order chi connectivity index (χ1) is 6.95. The van der Waals surface area contributed by atoms with Crippen LogP contribution in [-0.4, -0.2) is 5.78 Å². The van der Waals surface area contributed by atoms with E-state index in [1.807, 2.05) is 6.08 Å². The van der Waals surface area contributed by atoms with Crippen molar-refractivity contribution < 1.29 is 4.79 Å². The molecular formula is C14H24O. The maximum Gasteiger partial charge on any atom is 0.152 e. The summed E-state index contributed by atoms with van der Waals surface area (Å²) in [6, 6.07) is 0. The molecule has 15 heavy (non-hydrogen) atoms. The van der Waals surface area contributed by atoms with Gasteiger partial charge in [0, 0.05) is 0 Å². The average Bonchev–Trinajstić information content (AvgIpc) is 2.18. The standard InChI is InChI=1S/C14H24O/c1-5-14(3,4)13-8-6-12(7-9-13)10-11(2)15/h10,13H,5-9H2,1-4H3. The summed E-state index contributed by atoms with van der Waals surface area (Å²) in [6.07, 6.45) is 7.89. The van der Waals surface area contributed by atoms with Gasteiger partial charge in [-0.05, 0) is 50.0 Å². The van der Waals surface area contributed by atoms with E-state index in [0.717, 1.165) is 18.8 Å². The third-order valence-electron chi connectivity index (χ3n) is 4.05. The van der Waals surface area contributed by atoms with Crippen LogP contribution >= 0.6 is 0 Å². The van der Waals surface area contributed by atoms with Gasteiger partial charge in [-0.3, -0.25) is 4.79 Å². The van der Waals surface area contributed by atoms with E-state index in [4.69, 9.17) is 0 Å². The molecule has 0 aromatic heterocycles. The van der Waals surface area contributed by atoms with Crippen molar-refractivity contribution in [1.82, 2.24) is 0 Å². The van der Waals surface area contributed by atoms with Gasteiger partial charge in [-0.2, -0.15) is 0 Å². The van der Waals surface area contributed by atoms with Gasteiger partial charge in [0.05, 0.1) is 0 Å². The van der Waals surface area contributed by atoms with Crippen LogP contribution in [0.2, 0.25) is 0 Å². The number of allylic oxidation sites excluding steroid dienone is 2. The Hall–Kier alpha value is -0.590. The van der Waals surface area contributed by atoms with Crippen LogP contribution in [0.3, 0.4) is 0 Å². The van der Waals surface area contributed by atoms with E-state index in [2.05, 4.69) is 20.8 Å². The Balaban J connectivity index is 2.53. The predicted molar refractivity (Wildman–Crippen MR) is 64.8 cm³/mol. The molecule has 0 heterocycles. The lowest BCUT2D eigenvalue weighted by Crippen LogP contribution is -2.25. The largest absolute Gasteiger partial charge is 0.295 e. The van der Waals surface area contributed by atoms with Gasteiger partial charge in [0.25, 0.3) is 0 Å². The number of hydrogen-bond acceptors (Lipinski definition) is 1. The molecule has 1 saturated carbocycles. The highest BCUT2D eigenvalue weighted by atomic mass is 16.1. The lowest BCUT2D eigenvalue weighted by Gasteiger charge is -2.37. The third-order valence-corrected chi connectivity index (χ3v) is 4.05. The molecule has 1 fully saturated rings. The van der Waals surface area contributed by atoms with Crippen LogP contribution in [0.4, 0.5) is 0 Å². The first-order valence-corrected chi connectivity index (χ1v) is 6.15. The van der Waals surface area contributed by atoms with Crippen molar-refractivity contribution in [2.75, 3.05) is 0 Å². The minimum Gasteiger partial charge on any atom is -0.295 e. The second kappa shape index (κ2) is 4.96. The van der Waals surface area contributed by atoms with Gasteiger partial charge >= 0.3 is 0 Å². The molecule has 1 aliphatic carbocycles. The smallest absolute Gasteiger partial charge is 0.152 e. The van der Waals surface area contributed by atoms with Gasteiger partial charge in [0.15, 0.2) is 5.78 Å². The van der Waals surface area contributed by atoms with Crippen LogP contribution in [-0.2, 0) is 4.79 Å². The molecule has 1 aliphatic rings. The molecule has 1 heteroatoms. The fraction of sp³-hybridized carbons (Fsp3) is 0.786. The quantitative estimate of drug-likeness (QED) is 0.637. The van der Waals surface area contributed by atoms with Crippen molar-refractivity contribution in [1.29, 1.82) is 0 Å². The van der Waals surface area contributed by atoms with E-state index in [9.17, 15) is 4.79 Å². The maximum atomic E-state index is 11.0. The monoisotopic (exact) mass is 208 g/mol. The van der Waals surface area contributed by atoms with Gasteiger partial charge in [-0.25, -0.2) is 0 Å². The van der Waals surface area contributed by atoms with Crippen molar-refractivity contribution in [2.45, 2.75) is 59.8 Å². The van der Waals surface area contributed by atoms with Gasteiger partial charge in [0.2, 0.25) is 0 Å². The van der Waals surface area contributed by atoms with E-state index in [1.165, 1.54) is 24.8 Å². The lowest BCUT2D eigenvalue weighted by atomic mass is 9.69. The molecule has 0 unspecified atom stereocenters. The molecule has 0 aliphatic heterocycles. The molecule has 0 aromatic rings. The highest BCUT2D eigenvalue weighted by molar-refractivity contribution is 5.87. The average molecular weight is 208 g/mol. The normalized spacial score (nSPS) is 22.7. The molecule has 1 rings (SSSR count). The summed E-state index contributed by atoms with van der Waals surface area (Å²) in [4.78, 5) is 11.0. The Morgan fingerprint density at radius 2 is 1.93 bits per heavy atom. The van der Waals surface area contributed by atoms with E-state index < -0.39 is 0 Å². The van der Waals surface area contributed by atoms with Crippen LogP contribution < -0.4 is 0 Å². The van der Waals surface area contributed by atoms with Gasteiger partial charge in [-0.1, -0.05) is 32.8 Å². The Morgan fingerprint density at radius 3 is 2.33 bits per heavy atom. The molecule has 86 valence electrons. The predicted octanol–water partition coefficient (Wildman–Crippen LogP) is 4.13. The first kappa shape index (κ1) is 12.5. The van der Waals surface area contributed by atoms with Crippen LogP contribution in [0.25, 0.3) is 0 Å². The molecule has 0 radical (unpaired) electrons. The zero-order valence-corrected chi connectivity index (χ0v) is 10.6. The molecule has 0 saturated heterocycles. The molecule has 1 nitrogen and oxygen atoms in total. The second-order valence-electron chi connectivity index (χ2n) is 5.53. The van der Waals surface area contributed by atoms with Crippen LogP contribution in [0.5, 0.6) is 0 Å². The van der Waals surface area contributed by atoms with Gasteiger partial charge in [-0.15, -0.1) is 0 Å². The van der Waals surface area contributed by atoms with Gasteiger partial charge < -0.3 is 0 Å². The number of rotatable bonds is 3. The Bertz CT molecular complexity index is 251. The van der Waals surface area contributed by atoms with Crippen molar-refractivity contribution in [3.63, 3.8) is 0 Å². The number of hydrogen-bond donors (Lipinski definition) is 0.